The Kier molecular flexibility index (Phi) is 5.17. The molecule has 0 aromatic carbocycles. The van der Waals surface area contributed by atoms with E-state index in [0.29, 0.717) is 12.2 Å². The van der Waals surface area contributed by atoms with Gasteiger partial charge in [0.25, 0.3) is 0 Å². The van der Waals surface area contributed by atoms with Crippen molar-refractivity contribution in [2.24, 2.45) is 0 Å². The molecule has 0 amide bonds. The second-order valence-corrected chi connectivity index (χ2v) is 2.22. The second kappa shape index (κ2) is 5.71. The van der Waals surface area contributed by atoms with Crippen molar-refractivity contribution >= 4 is 5.97 Å². The van der Waals surface area contributed by atoms with Crippen LogP contribution in [0.2, 0.25) is 0 Å². The van der Waals surface area contributed by atoms with Crippen LogP contribution < -0.4 is 0 Å². The summed E-state index contributed by atoms with van der Waals surface area (Å²) in [5.41, 5.74) is 0.591. The molecule has 2 heteroatoms. The molecule has 0 aliphatic rings. The van der Waals surface area contributed by atoms with E-state index in [9.17, 15) is 4.79 Å². The molecule has 0 atom stereocenters. The minimum absolute atomic E-state index is 0.258. The van der Waals surface area contributed by atoms with E-state index in [4.69, 9.17) is 4.74 Å². The average Bonchev–Trinajstić information content (AvgIpc) is 2.00. The van der Waals surface area contributed by atoms with E-state index in [1.165, 1.54) is 0 Å². The molecule has 0 aliphatic carbocycles. The van der Waals surface area contributed by atoms with E-state index in [0.717, 1.165) is 6.42 Å². The Morgan fingerprint density at radius 1 is 1.64 bits per heavy atom. The number of allylic oxidation sites excluding steroid dienone is 2. The van der Waals surface area contributed by atoms with Gasteiger partial charge in [0.15, 0.2) is 0 Å². The van der Waals surface area contributed by atoms with Gasteiger partial charge in [0, 0.05) is 5.57 Å². The van der Waals surface area contributed by atoms with Crippen molar-refractivity contribution in [3.05, 3.63) is 24.3 Å². The van der Waals surface area contributed by atoms with Crippen LogP contribution in [0.25, 0.3) is 0 Å². The Balaban J connectivity index is 3.82. The first-order valence-corrected chi connectivity index (χ1v) is 3.68. The molecule has 0 aromatic rings. The molecule has 11 heavy (non-hydrogen) atoms. The third-order valence-electron chi connectivity index (χ3n) is 1.13. The topological polar surface area (TPSA) is 26.3 Å². The summed E-state index contributed by atoms with van der Waals surface area (Å²) in [6.07, 6.45) is 4.06. The second-order valence-electron chi connectivity index (χ2n) is 2.22. The fraction of sp³-hybridized carbons (Fsp3) is 0.444. The summed E-state index contributed by atoms with van der Waals surface area (Å²) in [7, 11) is 0. The third kappa shape index (κ3) is 4.37. The molecule has 0 N–H and O–H groups in total. The summed E-state index contributed by atoms with van der Waals surface area (Å²) in [6, 6.07) is 0. The number of esters is 1. The van der Waals surface area contributed by atoms with Gasteiger partial charge in [-0.3, -0.25) is 0 Å². The lowest BCUT2D eigenvalue weighted by Crippen LogP contribution is -2.05. The summed E-state index contributed by atoms with van der Waals surface area (Å²) >= 11 is 0. The average molecular weight is 154 g/mol. The Morgan fingerprint density at radius 3 is 2.73 bits per heavy atom. The van der Waals surface area contributed by atoms with Gasteiger partial charge in [-0.05, 0) is 13.3 Å². The van der Waals surface area contributed by atoms with Gasteiger partial charge < -0.3 is 4.74 Å². The summed E-state index contributed by atoms with van der Waals surface area (Å²) in [6.45, 7) is 7.63. The molecular weight excluding hydrogens is 140 g/mol. The number of hydrogen-bond donors (Lipinski definition) is 0. The lowest BCUT2D eigenvalue weighted by atomic mass is 10.3. The SMILES string of the molecule is C=C/C=C(\C)C(=O)OCCC. The van der Waals surface area contributed by atoms with Gasteiger partial charge in [0.1, 0.15) is 0 Å². The smallest absolute Gasteiger partial charge is 0.333 e. The highest BCUT2D eigenvalue weighted by Gasteiger charge is 2.02. The summed E-state index contributed by atoms with van der Waals surface area (Å²) in [4.78, 5) is 11.0. The lowest BCUT2D eigenvalue weighted by Gasteiger charge is -2.00. The summed E-state index contributed by atoms with van der Waals surface area (Å²) in [5, 5.41) is 0. The number of ether oxygens (including phenoxy) is 1. The van der Waals surface area contributed by atoms with E-state index in [-0.39, 0.29) is 5.97 Å². The maximum absolute atomic E-state index is 11.0. The number of carbonyl (C=O) groups excluding carboxylic acids is 1. The van der Waals surface area contributed by atoms with Gasteiger partial charge in [-0.1, -0.05) is 25.7 Å². The van der Waals surface area contributed by atoms with Crippen LogP contribution >= 0.6 is 0 Å². The van der Waals surface area contributed by atoms with Crippen LogP contribution in [0.4, 0.5) is 0 Å². The molecule has 0 bridgehead atoms. The van der Waals surface area contributed by atoms with Crippen molar-refractivity contribution in [1.29, 1.82) is 0 Å². The molecule has 0 saturated carbocycles. The summed E-state index contributed by atoms with van der Waals surface area (Å²) in [5.74, 6) is -0.258. The Morgan fingerprint density at radius 2 is 2.27 bits per heavy atom. The van der Waals surface area contributed by atoms with Crippen molar-refractivity contribution in [1.82, 2.24) is 0 Å². The van der Waals surface area contributed by atoms with Crippen LogP contribution in [-0.2, 0) is 9.53 Å². The zero-order valence-electron chi connectivity index (χ0n) is 7.09. The fourth-order valence-electron chi connectivity index (χ4n) is 0.553. The van der Waals surface area contributed by atoms with Gasteiger partial charge in [-0.2, -0.15) is 0 Å². The minimum atomic E-state index is -0.258. The Labute approximate surface area is 67.6 Å². The van der Waals surface area contributed by atoms with Crippen LogP contribution in [0.15, 0.2) is 24.3 Å². The molecule has 0 aliphatic heterocycles. The van der Waals surface area contributed by atoms with E-state index >= 15 is 0 Å². The maximum Gasteiger partial charge on any atom is 0.333 e. The van der Waals surface area contributed by atoms with Crippen molar-refractivity contribution in [3.8, 4) is 0 Å². The maximum atomic E-state index is 11.0. The lowest BCUT2D eigenvalue weighted by molar-refractivity contribution is -0.138. The quantitative estimate of drug-likeness (QED) is 0.352. The van der Waals surface area contributed by atoms with Crippen LogP contribution in [0.1, 0.15) is 20.3 Å². The first kappa shape index (κ1) is 9.95. The van der Waals surface area contributed by atoms with Gasteiger partial charge in [0.2, 0.25) is 0 Å². The zero-order valence-corrected chi connectivity index (χ0v) is 7.09. The standard InChI is InChI=1S/C9H14O2/c1-4-6-8(3)9(10)11-7-5-2/h4,6H,1,5,7H2,2-3H3/b8-6+. The highest BCUT2D eigenvalue weighted by molar-refractivity contribution is 5.88. The Bertz CT molecular complexity index is 168. The molecule has 0 spiro atoms. The van der Waals surface area contributed by atoms with Crippen LogP contribution in [0.5, 0.6) is 0 Å². The monoisotopic (exact) mass is 154 g/mol. The van der Waals surface area contributed by atoms with Crippen molar-refractivity contribution in [2.75, 3.05) is 6.61 Å². The highest BCUT2D eigenvalue weighted by atomic mass is 16.5. The van der Waals surface area contributed by atoms with Crippen molar-refractivity contribution in [3.63, 3.8) is 0 Å². The molecule has 0 fully saturated rings. The van der Waals surface area contributed by atoms with Crippen LogP contribution in [-0.4, -0.2) is 12.6 Å². The fourth-order valence-corrected chi connectivity index (χ4v) is 0.553. The van der Waals surface area contributed by atoms with Crippen LogP contribution in [0.3, 0.4) is 0 Å². The molecule has 0 rings (SSSR count). The first-order valence-electron chi connectivity index (χ1n) is 3.68. The molecule has 0 saturated heterocycles. The Hall–Kier alpha value is -1.05. The highest BCUT2D eigenvalue weighted by Crippen LogP contribution is 1.96. The van der Waals surface area contributed by atoms with Gasteiger partial charge >= 0.3 is 5.97 Å². The predicted molar refractivity (Wildman–Crippen MR) is 45.2 cm³/mol. The summed E-state index contributed by atoms with van der Waals surface area (Å²) < 4.78 is 4.85. The minimum Gasteiger partial charge on any atom is -0.462 e. The molecule has 0 aromatic heterocycles. The number of rotatable bonds is 4. The zero-order chi connectivity index (χ0) is 8.69. The molecule has 0 radical (unpaired) electrons. The van der Waals surface area contributed by atoms with E-state index in [2.05, 4.69) is 6.58 Å². The molecule has 0 unspecified atom stereocenters. The normalized spacial score (nSPS) is 10.9. The van der Waals surface area contributed by atoms with E-state index in [1.54, 1.807) is 19.1 Å². The number of hydrogen-bond acceptors (Lipinski definition) is 2. The largest absolute Gasteiger partial charge is 0.462 e. The van der Waals surface area contributed by atoms with Crippen LogP contribution in [0, 0.1) is 0 Å². The molecule has 62 valence electrons. The van der Waals surface area contributed by atoms with E-state index < -0.39 is 0 Å². The van der Waals surface area contributed by atoms with Gasteiger partial charge in [0.05, 0.1) is 6.61 Å². The van der Waals surface area contributed by atoms with Crippen molar-refractivity contribution < 1.29 is 9.53 Å². The van der Waals surface area contributed by atoms with E-state index in [1.807, 2.05) is 6.92 Å². The third-order valence-corrected chi connectivity index (χ3v) is 1.13. The van der Waals surface area contributed by atoms with Gasteiger partial charge in [-0.25, -0.2) is 4.79 Å². The molecule has 2 nitrogen and oxygen atoms in total. The molecular formula is C9H14O2. The first-order chi connectivity index (χ1) is 5.22. The molecule has 0 heterocycles. The van der Waals surface area contributed by atoms with Crippen molar-refractivity contribution in [2.45, 2.75) is 20.3 Å². The number of carbonyl (C=O) groups is 1. The van der Waals surface area contributed by atoms with Gasteiger partial charge in [-0.15, -0.1) is 0 Å². The predicted octanol–water partition coefficient (Wildman–Crippen LogP) is 2.07.